The van der Waals surface area contributed by atoms with Crippen LogP contribution in [0.5, 0.6) is 0 Å². The summed E-state index contributed by atoms with van der Waals surface area (Å²) in [6.07, 6.45) is 0. The first-order valence-corrected chi connectivity index (χ1v) is 7.43. The van der Waals surface area contributed by atoms with E-state index in [-0.39, 0.29) is 69.2 Å². The van der Waals surface area contributed by atoms with Crippen LogP contribution >= 0.6 is 23.2 Å². The van der Waals surface area contributed by atoms with E-state index in [4.69, 9.17) is 33.5 Å². The van der Waals surface area contributed by atoms with Gasteiger partial charge in [0.15, 0.2) is 0 Å². The van der Waals surface area contributed by atoms with Crippen LogP contribution in [0.1, 0.15) is 0 Å². The zero-order chi connectivity index (χ0) is 12.7. The fourth-order valence-electron chi connectivity index (χ4n) is 0.911. The summed E-state index contributed by atoms with van der Waals surface area (Å²) in [7, 11) is -8.26. The maximum Gasteiger partial charge on any atom is 0.239 e. The van der Waals surface area contributed by atoms with Crippen LogP contribution in [0.15, 0.2) is 21.9 Å². The molecule has 92 valence electrons. The van der Waals surface area contributed by atoms with Crippen molar-refractivity contribution in [3.8, 4) is 0 Å². The van der Waals surface area contributed by atoms with Gasteiger partial charge in [0.2, 0.25) is 20.0 Å². The van der Waals surface area contributed by atoms with Gasteiger partial charge in [-0.15, -0.1) is 0 Å². The Hall–Kier alpha value is 1.62. The minimum Gasteiger partial charge on any atom is -0.225 e. The molecule has 0 amide bonds. The molecule has 1 rings (SSSR count). The van der Waals surface area contributed by atoms with Crippen molar-refractivity contribution in [2.45, 2.75) is 9.79 Å². The normalized spacial score (nSPS) is 11.3. The summed E-state index contributed by atoms with van der Waals surface area (Å²) in [6.45, 7) is 0. The SMILES string of the molecule is NS(=O)(=O)c1cc(Cl)c(Cl)c(S(N)(=O)=O)c1.[Na].[Na]. The van der Waals surface area contributed by atoms with Gasteiger partial charge in [0.1, 0.15) is 4.90 Å². The van der Waals surface area contributed by atoms with E-state index >= 15 is 0 Å². The van der Waals surface area contributed by atoms with Gasteiger partial charge >= 0.3 is 0 Å². The third-order valence-electron chi connectivity index (χ3n) is 1.60. The molecule has 0 saturated carbocycles. The Bertz CT molecular complexity index is 648. The summed E-state index contributed by atoms with van der Waals surface area (Å²) in [5.74, 6) is 0. The molecule has 4 N–H and O–H groups in total. The van der Waals surface area contributed by atoms with Gasteiger partial charge < -0.3 is 0 Å². The molecular weight excluding hydrogens is 345 g/mol. The second-order valence-electron chi connectivity index (χ2n) is 2.81. The van der Waals surface area contributed by atoms with E-state index in [0.29, 0.717) is 0 Å². The van der Waals surface area contributed by atoms with Crippen LogP contribution in [0.3, 0.4) is 0 Å². The quantitative estimate of drug-likeness (QED) is 0.700. The molecular formula is C6H6Cl2N2Na2O4S2. The molecule has 0 aliphatic rings. The number of hydrogen-bond donors (Lipinski definition) is 2. The minimum absolute atomic E-state index is 0. The van der Waals surface area contributed by atoms with Gasteiger partial charge in [-0.1, -0.05) is 23.2 Å². The largest absolute Gasteiger partial charge is 0.239 e. The van der Waals surface area contributed by atoms with Crippen LogP contribution in [-0.2, 0) is 20.0 Å². The van der Waals surface area contributed by atoms with Crippen LogP contribution in [0.25, 0.3) is 0 Å². The number of benzene rings is 1. The summed E-state index contributed by atoms with van der Waals surface area (Å²) in [4.78, 5) is -1.07. The molecule has 0 aromatic heterocycles. The smallest absolute Gasteiger partial charge is 0.225 e. The van der Waals surface area contributed by atoms with E-state index in [9.17, 15) is 16.8 Å². The molecule has 0 aliphatic heterocycles. The molecule has 0 unspecified atom stereocenters. The summed E-state index contributed by atoms with van der Waals surface area (Å²) in [5, 5.41) is 9.04. The molecule has 6 nitrogen and oxygen atoms in total. The minimum atomic E-state index is -4.18. The molecule has 1 aromatic rings. The number of hydrogen-bond acceptors (Lipinski definition) is 4. The topological polar surface area (TPSA) is 120 Å². The van der Waals surface area contributed by atoms with E-state index < -0.39 is 29.8 Å². The van der Waals surface area contributed by atoms with Crippen LogP contribution in [0, 0.1) is 0 Å². The Balaban J connectivity index is 0. The van der Waals surface area contributed by atoms with Crippen molar-refractivity contribution in [1.82, 2.24) is 0 Å². The van der Waals surface area contributed by atoms with Crippen molar-refractivity contribution >= 4 is 102 Å². The first kappa shape index (κ1) is 21.9. The predicted octanol–water partition coefficient (Wildman–Crippen LogP) is -0.473. The Morgan fingerprint density at radius 3 is 1.67 bits per heavy atom. The van der Waals surface area contributed by atoms with Crippen LogP contribution < -0.4 is 10.3 Å². The van der Waals surface area contributed by atoms with Crippen molar-refractivity contribution in [2.24, 2.45) is 10.3 Å². The first-order chi connectivity index (χ1) is 7.03. The maximum atomic E-state index is 11.1. The van der Waals surface area contributed by atoms with Crippen molar-refractivity contribution in [3.05, 3.63) is 22.2 Å². The molecule has 0 spiro atoms. The Labute approximate surface area is 159 Å². The molecule has 0 heterocycles. The second kappa shape index (κ2) is 7.58. The predicted molar refractivity (Wildman–Crippen MR) is 70.7 cm³/mol. The number of halogens is 2. The Morgan fingerprint density at radius 2 is 1.33 bits per heavy atom. The average Bonchev–Trinajstić information content (AvgIpc) is 2.05. The second-order valence-corrected chi connectivity index (χ2v) is 6.68. The number of nitrogens with two attached hydrogens (primary N) is 2. The maximum absolute atomic E-state index is 11.1. The summed E-state index contributed by atoms with van der Waals surface area (Å²) >= 11 is 11.1. The van der Waals surface area contributed by atoms with Crippen LogP contribution in [-0.4, -0.2) is 76.0 Å². The van der Waals surface area contributed by atoms with Gasteiger partial charge in [0.05, 0.1) is 14.9 Å². The standard InChI is InChI=1S/C6H6Cl2N2O4S2.2Na/c7-4-1-3(15(9,11)12)2-5(6(4)8)16(10,13)14;;/h1-2H,(H2,9,11,12)(H2,10,13,14);;. The number of rotatable bonds is 2. The van der Waals surface area contributed by atoms with Gasteiger partial charge in [-0.2, -0.15) is 0 Å². The summed E-state index contributed by atoms with van der Waals surface area (Å²) in [6, 6.07) is 1.69. The van der Waals surface area contributed by atoms with E-state index in [2.05, 4.69) is 0 Å². The van der Waals surface area contributed by atoms with Gasteiger partial charge in [0.25, 0.3) is 0 Å². The fourth-order valence-corrected chi connectivity index (χ4v) is 2.97. The van der Waals surface area contributed by atoms with Crippen LogP contribution in [0.4, 0.5) is 0 Å². The van der Waals surface area contributed by atoms with Gasteiger partial charge in [0, 0.05) is 59.1 Å². The van der Waals surface area contributed by atoms with Crippen molar-refractivity contribution in [1.29, 1.82) is 0 Å². The van der Waals surface area contributed by atoms with Crippen molar-refractivity contribution in [3.63, 3.8) is 0 Å². The third-order valence-corrected chi connectivity index (χ3v) is 4.35. The molecule has 0 atom stereocenters. The summed E-state index contributed by atoms with van der Waals surface area (Å²) < 4.78 is 44.2. The Kier molecular flexibility index (Phi) is 9.22. The molecule has 0 saturated heterocycles. The van der Waals surface area contributed by atoms with Gasteiger partial charge in [-0.3, -0.25) is 0 Å². The Morgan fingerprint density at radius 1 is 0.889 bits per heavy atom. The van der Waals surface area contributed by atoms with Crippen molar-refractivity contribution < 1.29 is 16.8 Å². The first-order valence-electron chi connectivity index (χ1n) is 3.58. The monoisotopic (exact) mass is 350 g/mol. The van der Waals surface area contributed by atoms with Crippen LogP contribution in [0.2, 0.25) is 10.0 Å². The number of sulfonamides is 2. The van der Waals surface area contributed by atoms with E-state index in [1.165, 1.54) is 0 Å². The van der Waals surface area contributed by atoms with Gasteiger partial charge in [-0.25, -0.2) is 27.1 Å². The van der Waals surface area contributed by atoms with E-state index in [1.807, 2.05) is 0 Å². The zero-order valence-electron chi connectivity index (χ0n) is 9.51. The zero-order valence-corrected chi connectivity index (χ0v) is 16.7. The molecule has 0 aliphatic carbocycles. The average molecular weight is 351 g/mol. The molecule has 2 radical (unpaired) electrons. The van der Waals surface area contributed by atoms with Crippen molar-refractivity contribution in [2.75, 3.05) is 0 Å². The fraction of sp³-hybridized carbons (Fsp3) is 0. The van der Waals surface area contributed by atoms with Gasteiger partial charge in [-0.05, 0) is 12.1 Å². The van der Waals surface area contributed by atoms with E-state index in [1.54, 1.807) is 0 Å². The van der Waals surface area contributed by atoms with E-state index in [0.717, 1.165) is 12.1 Å². The summed E-state index contributed by atoms with van der Waals surface area (Å²) in [5.41, 5.74) is 0. The molecule has 1 aromatic carbocycles. The molecule has 18 heavy (non-hydrogen) atoms. The molecule has 0 bridgehead atoms. The molecule has 0 fully saturated rings. The number of primary sulfonamides is 2. The molecule has 12 heteroatoms. The third kappa shape index (κ3) is 5.55.